The van der Waals surface area contributed by atoms with Gasteiger partial charge in [-0.3, -0.25) is 14.4 Å². The van der Waals surface area contributed by atoms with Gasteiger partial charge >= 0.3 is 5.97 Å². The number of carboxylic acid groups (broad SMARTS) is 1. The lowest BCUT2D eigenvalue weighted by atomic mass is 10.0. The second-order valence-corrected chi connectivity index (χ2v) is 5.37. The number of hydrogen-bond acceptors (Lipinski definition) is 7. The van der Waals surface area contributed by atoms with Crippen LogP contribution in [0, 0.1) is 5.92 Å². The first-order valence-electron chi connectivity index (χ1n) is 7.21. The van der Waals surface area contributed by atoms with Crippen LogP contribution in [0.5, 0.6) is 0 Å². The first kappa shape index (κ1) is 21.8. The number of aliphatic hydroxyl groups excluding tert-OH is 2. The summed E-state index contributed by atoms with van der Waals surface area (Å²) in [5.41, 5.74) is 5.62. The van der Waals surface area contributed by atoms with E-state index < -0.39 is 61.6 Å². The van der Waals surface area contributed by atoms with E-state index in [0.717, 1.165) is 0 Å². The highest BCUT2D eigenvalue weighted by Gasteiger charge is 2.25. The number of carbonyl (C=O) groups is 4. The van der Waals surface area contributed by atoms with E-state index in [9.17, 15) is 19.2 Å². The molecule has 3 amide bonds. The van der Waals surface area contributed by atoms with Gasteiger partial charge in [0.1, 0.15) is 12.1 Å². The minimum atomic E-state index is -1.49. The maximum Gasteiger partial charge on any atom is 0.328 e. The minimum Gasteiger partial charge on any atom is -0.480 e. The molecule has 138 valence electrons. The molecule has 0 aromatic carbocycles. The molecular weight excluding hydrogens is 324 g/mol. The van der Waals surface area contributed by atoms with Crippen molar-refractivity contribution in [2.75, 3.05) is 19.8 Å². The first-order valence-corrected chi connectivity index (χ1v) is 7.21. The predicted octanol–water partition coefficient (Wildman–Crippen LogP) is -3.88. The van der Waals surface area contributed by atoms with Crippen LogP contribution in [-0.4, -0.2) is 76.9 Å². The molecule has 3 atom stereocenters. The number of carboxylic acids is 1. The maximum atomic E-state index is 11.8. The van der Waals surface area contributed by atoms with E-state index >= 15 is 0 Å². The molecular formula is C13H24N4O7. The fourth-order valence-electron chi connectivity index (χ4n) is 1.49. The van der Waals surface area contributed by atoms with Crippen LogP contribution in [0.4, 0.5) is 0 Å². The van der Waals surface area contributed by atoms with Crippen molar-refractivity contribution in [1.29, 1.82) is 0 Å². The summed E-state index contributed by atoms with van der Waals surface area (Å²) in [6.07, 6.45) is 0. The molecule has 0 radical (unpaired) electrons. The Kier molecular flexibility index (Phi) is 9.54. The summed E-state index contributed by atoms with van der Waals surface area (Å²) in [6, 6.07) is -3.66. The van der Waals surface area contributed by atoms with Crippen LogP contribution in [0.2, 0.25) is 0 Å². The second-order valence-electron chi connectivity index (χ2n) is 5.37. The molecule has 3 unspecified atom stereocenters. The predicted molar refractivity (Wildman–Crippen MR) is 81.5 cm³/mol. The van der Waals surface area contributed by atoms with Crippen molar-refractivity contribution in [2.45, 2.75) is 32.0 Å². The lowest BCUT2D eigenvalue weighted by Crippen LogP contribution is -2.55. The van der Waals surface area contributed by atoms with Gasteiger partial charge in [0, 0.05) is 0 Å². The number of nitrogens with two attached hydrogens (primary N) is 1. The highest BCUT2D eigenvalue weighted by atomic mass is 16.4. The molecule has 8 N–H and O–H groups in total. The van der Waals surface area contributed by atoms with Gasteiger partial charge in [-0.15, -0.1) is 0 Å². The van der Waals surface area contributed by atoms with Gasteiger partial charge in [0.05, 0.1) is 25.8 Å². The Hall–Kier alpha value is -2.24. The summed E-state index contributed by atoms with van der Waals surface area (Å²) in [7, 11) is 0. The number of nitrogens with one attached hydrogen (secondary N) is 3. The zero-order valence-corrected chi connectivity index (χ0v) is 13.5. The number of carbonyl (C=O) groups excluding carboxylic acids is 3. The quantitative estimate of drug-likeness (QED) is 0.208. The molecule has 0 aromatic heterocycles. The number of rotatable bonds is 10. The van der Waals surface area contributed by atoms with Crippen LogP contribution in [0.1, 0.15) is 13.8 Å². The van der Waals surface area contributed by atoms with E-state index in [1.807, 2.05) is 5.32 Å². The van der Waals surface area contributed by atoms with Crippen molar-refractivity contribution in [1.82, 2.24) is 16.0 Å². The van der Waals surface area contributed by atoms with Crippen LogP contribution in [-0.2, 0) is 19.2 Å². The van der Waals surface area contributed by atoms with Gasteiger partial charge in [0.25, 0.3) is 0 Å². The summed E-state index contributed by atoms with van der Waals surface area (Å²) in [6.45, 7) is 1.31. The monoisotopic (exact) mass is 348 g/mol. The topological polar surface area (TPSA) is 191 Å². The molecule has 0 bridgehead atoms. The van der Waals surface area contributed by atoms with Gasteiger partial charge in [-0.05, 0) is 5.92 Å². The molecule has 11 nitrogen and oxygen atoms in total. The molecule has 0 aliphatic carbocycles. The van der Waals surface area contributed by atoms with Gasteiger partial charge in [-0.25, -0.2) is 4.79 Å². The Bertz CT molecular complexity index is 469. The van der Waals surface area contributed by atoms with E-state index in [-0.39, 0.29) is 5.92 Å². The van der Waals surface area contributed by atoms with E-state index in [0.29, 0.717) is 0 Å². The Balaban J connectivity index is 4.48. The third-order valence-electron chi connectivity index (χ3n) is 3.08. The van der Waals surface area contributed by atoms with Crippen LogP contribution in [0.15, 0.2) is 0 Å². The van der Waals surface area contributed by atoms with Crippen LogP contribution < -0.4 is 21.7 Å². The lowest BCUT2D eigenvalue weighted by molar-refractivity contribution is -0.142. The number of aliphatic hydroxyl groups is 2. The van der Waals surface area contributed by atoms with E-state index in [1.54, 1.807) is 13.8 Å². The molecule has 0 spiro atoms. The van der Waals surface area contributed by atoms with Crippen molar-refractivity contribution >= 4 is 23.7 Å². The Morgan fingerprint density at radius 2 is 1.50 bits per heavy atom. The van der Waals surface area contributed by atoms with Crippen LogP contribution >= 0.6 is 0 Å². The summed E-state index contributed by atoms with van der Waals surface area (Å²) >= 11 is 0. The molecule has 0 heterocycles. The molecule has 0 rings (SSSR count). The third-order valence-corrected chi connectivity index (χ3v) is 3.08. The molecule has 0 fully saturated rings. The van der Waals surface area contributed by atoms with Gasteiger partial charge in [-0.2, -0.15) is 0 Å². The van der Waals surface area contributed by atoms with Crippen LogP contribution in [0.3, 0.4) is 0 Å². The zero-order valence-electron chi connectivity index (χ0n) is 13.5. The number of hydrogen-bond donors (Lipinski definition) is 7. The first-order chi connectivity index (χ1) is 11.1. The molecule has 0 aromatic rings. The van der Waals surface area contributed by atoms with Crippen LogP contribution in [0.25, 0.3) is 0 Å². The Labute approximate surface area is 138 Å². The van der Waals surface area contributed by atoms with E-state index in [2.05, 4.69) is 10.6 Å². The zero-order chi connectivity index (χ0) is 18.9. The average Bonchev–Trinajstić information content (AvgIpc) is 2.53. The van der Waals surface area contributed by atoms with Gasteiger partial charge in [-0.1, -0.05) is 13.8 Å². The largest absolute Gasteiger partial charge is 0.480 e. The fraction of sp³-hybridized carbons (Fsp3) is 0.692. The highest BCUT2D eigenvalue weighted by Crippen LogP contribution is 1.98. The second kappa shape index (κ2) is 10.5. The molecule has 0 aliphatic rings. The fourth-order valence-corrected chi connectivity index (χ4v) is 1.49. The third kappa shape index (κ3) is 7.35. The van der Waals surface area contributed by atoms with E-state index in [4.69, 9.17) is 21.1 Å². The maximum absolute atomic E-state index is 11.8. The molecule has 11 heteroatoms. The average molecular weight is 348 g/mol. The molecule has 0 saturated carbocycles. The van der Waals surface area contributed by atoms with Crippen molar-refractivity contribution in [3.8, 4) is 0 Å². The van der Waals surface area contributed by atoms with E-state index in [1.165, 1.54) is 0 Å². The summed E-state index contributed by atoms with van der Waals surface area (Å²) in [5.74, 6) is -3.93. The summed E-state index contributed by atoms with van der Waals surface area (Å²) < 4.78 is 0. The summed E-state index contributed by atoms with van der Waals surface area (Å²) in [5, 5.41) is 33.0. The van der Waals surface area contributed by atoms with Crippen molar-refractivity contribution in [3.63, 3.8) is 0 Å². The lowest BCUT2D eigenvalue weighted by Gasteiger charge is -2.20. The highest BCUT2D eigenvalue weighted by molar-refractivity contribution is 5.92. The standard InChI is InChI=1S/C13H24N4O7/c1-6(2)10(14)12(22)17-7(4-18)11(21)15-3-9(20)16-8(5-19)13(23)24/h6-8,10,18-19H,3-5,14H2,1-2H3,(H,15,21)(H,16,20)(H,17,22)(H,23,24). The Morgan fingerprint density at radius 1 is 0.958 bits per heavy atom. The van der Waals surface area contributed by atoms with Crippen molar-refractivity contribution in [2.24, 2.45) is 11.7 Å². The molecule has 24 heavy (non-hydrogen) atoms. The SMILES string of the molecule is CC(C)C(N)C(=O)NC(CO)C(=O)NCC(=O)NC(CO)C(=O)O. The Morgan fingerprint density at radius 3 is 1.92 bits per heavy atom. The number of amides is 3. The molecule has 0 aliphatic heterocycles. The van der Waals surface area contributed by atoms with Crippen molar-refractivity contribution in [3.05, 3.63) is 0 Å². The smallest absolute Gasteiger partial charge is 0.328 e. The number of aliphatic carboxylic acids is 1. The van der Waals surface area contributed by atoms with Gasteiger partial charge < -0.3 is 37.0 Å². The molecule has 0 saturated heterocycles. The van der Waals surface area contributed by atoms with Crippen molar-refractivity contribution < 1.29 is 34.5 Å². The normalized spacial score (nSPS) is 14.4. The summed E-state index contributed by atoms with van der Waals surface area (Å²) in [4.78, 5) is 45.7. The van der Waals surface area contributed by atoms with Gasteiger partial charge in [0.15, 0.2) is 0 Å². The van der Waals surface area contributed by atoms with Gasteiger partial charge in [0.2, 0.25) is 17.7 Å². The minimum absolute atomic E-state index is 0.176.